The second kappa shape index (κ2) is 3.70. The molecule has 84 valence electrons. The molecule has 0 unspecified atom stereocenters. The summed E-state index contributed by atoms with van der Waals surface area (Å²) in [6, 6.07) is 14.2. The number of aromatic nitrogens is 3. The number of hydrogen-bond acceptors (Lipinski definition) is 2. The predicted molar refractivity (Wildman–Crippen MR) is 68.3 cm³/mol. The number of rotatable bonds is 1. The molecule has 3 nitrogen and oxygen atoms in total. The minimum absolute atomic E-state index is 0.950. The van der Waals surface area contributed by atoms with Crippen molar-refractivity contribution < 1.29 is 0 Å². The molecule has 3 heteroatoms. The Labute approximate surface area is 99.7 Å². The Bertz CT molecular complexity index is 669. The van der Waals surface area contributed by atoms with Crippen molar-refractivity contribution in [1.82, 2.24) is 15.0 Å². The fourth-order valence-corrected chi connectivity index (χ4v) is 2.04. The SMILES string of the molecule is Cc1cc(C)c2nn(-c3ccccc3)nc2c1. The lowest BCUT2D eigenvalue weighted by molar-refractivity contribution is 0.765. The van der Waals surface area contributed by atoms with Gasteiger partial charge >= 0.3 is 0 Å². The van der Waals surface area contributed by atoms with Crippen molar-refractivity contribution in [3.63, 3.8) is 0 Å². The minimum atomic E-state index is 0.950. The van der Waals surface area contributed by atoms with Gasteiger partial charge in [-0.1, -0.05) is 24.3 Å². The fraction of sp³-hybridized carbons (Fsp3) is 0.143. The van der Waals surface area contributed by atoms with Crippen LogP contribution in [0.4, 0.5) is 0 Å². The van der Waals surface area contributed by atoms with Gasteiger partial charge in [-0.05, 0) is 43.2 Å². The van der Waals surface area contributed by atoms with Gasteiger partial charge < -0.3 is 0 Å². The maximum atomic E-state index is 4.53. The maximum absolute atomic E-state index is 4.53. The molecular weight excluding hydrogens is 210 g/mol. The fourth-order valence-electron chi connectivity index (χ4n) is 2.04. The van der Waals surface area contributed by atoms with Crippen LogP contribution in [0.25, 0.3) is 16.7 Å². The highest BCUT2D eigenvalue weighted by Gasteiger charge is 2.07. The van der Waals surface area contributed by atoms with Gasteiger partial charge in [0.15, 0.2) is 0 Å². The van der Waals surface area contributed by atoms with Crippen molar-refractivity contribution in [2.75, 3.05) is 0 Å². The zero-order valence-electron chi connectivity index (χ0n) is 9.88. The van der Waals surface area contributed by atoms with Gasteiger partial charge in [0, 0.05) is 0 Å². The number of aryl methyl sites for hydroxylation is 2. The van der Waals surface area contributed by atoms with Crippen molar-refractivity contribution in [1.29, 1.82) is 0 Å². The monoisotopic (exact) mass is 223 g/mol. The minimum Gasteiger partial charge on any atom is -0.150 e. The molecule has 1 aromatic heterocycles. The summed E-state index contributed by atoms with van der Waals surface area (Å²) in [5, 5.41) is 9.04. The highest BCUT2D eigenvalue weighted by molar-refractivity contribution is 5.78. The van der Waals surface area contributed by atoms with Crippen LogP contribution in [0.15, 0.2) is 42.5 Å². The molecule has 2 aromatic carbocycles. The third-order valence-corrected chi connectivity index (χ3v) is 2.81. The van der Waals surface area contributed by atoms with E-state index in [2.05, 4.69) is 36.2 Å². The van der Waals surface area contributed by atoms with E-state index in [9.17, 15) is 0 Å². The molecule has 3 rings (SSSR count). The molecule has 0 spiro atoms. The largest absolute Gasteiger partial charge is 0.150 e. The van der Waals surface area contributed by atoms with Crippen molar-refractivity contribution >= 4 is 11.0 Å². The molecular formula is C14H13N3. The third-order valence-electron chi connectivity index (χ3n) is 2.81. The van der Waals surface area contributed by atoms with Gasteiger partial charge in [0.05, 0.1) is 5.69 Å². The average molecular weight is 223 g/mol. The summed E-state index contributed by atoms with van der Waals surface area (Å²) in [5.41, 5.74) is 5.30. The topological polar surface area (TPSA) is 30.7 Å². The molecule has 3 aromatic rings. The Hall–Kier alpha value is -2.16. The average Bonchev–Trinajstić information content (AvgIpc) is 2.74. The van der Waals surface area contributed by atoms with Crippen LogP contribution in [0.5, 0.6) is 0 Å². The van der Waals surface area contributed by atoms with E-state index in [0.717, 1.165) is 16.7 Å². The van der Waals surface area contributed by atoms with Crippen LogP contribution in [0.3, 0.4) is 0 Å². The second-order valence-corrected chi connectivity index (χ2v) is 4.27. The van der Waals surface area contributed by atoms with Gasteiger partial charge in [-0.2, -0.15) is 4.80 Å². The quantitative estimate of drug-likeness (QED) is 0.634. The molecule has 0 radical (unpaired) electrons. The highest BCUT2D eigenvalue weighted by Crippen LogP contribution is 2.18. The Morgan fingerprint density at radius 2 is 1.71 bits per heavy atom. The van der Waals surface area contributed by atoms with E-state index in [1.807, 2.05) is 30.3 Å². The van der Waals surface area contributed by atoms with E-state index in [1.54, 1.807) is 4.80 Å². The molecule has 1 heterocycles. The molecule has 0 aliphatic heterocycles. The normalized spacial score (nSPS) is 10.9. The van der Waals surface area contributed by atoms with Crippen LogP contribution in [-0.2, 0) is 0 Å². The van der Waals surface area contributed by atoms with Crippen LogP contribution in [0.2, 0.25) is 0 Å². The Morgan fingerprint density at radius 1 is 0.941 bits per heavy atom. The molecule has 17 heavy (non-hydrogen) atoms. The molecule has 0 amide bonds. The zero-order chi connectivity index (χ0) is 11.8. The molecule has 0 fully saturated rings. The smallest absolute Gasteiger partial charge is 0.116 e. The predicted octanol–water partition coefficient (Wildman–Crippen LogP) is 3.04. The Kier molecular flexibility index (Phi) is 2.18. The van der Waals surface area contributed by atoms with E-state index >= 15 is 0 Å². The van der Waals surface area contributed by atoms with E-state index in [4.69, 9.17) is 0 Å². The lowest BCUT2D eigenvalue weighted by atomic mass is 10.1. The summed E-state index contributed by atoms with van der Waals surface area (Å²) in [5.74, 6) is 0. The number of hydrogen-bond donors (Lipinski definition) is 0. The van der Waals surface area contributed by atoms with Crippen LogP contribution < -0.4 is 0 Å². The van der Waals surface area contributed by atoms with Gasteiger partial charge in [-0.25, -0.2) is 0 Å². The van der Waals surface area contributed by atoms with Crippen LogP contribution in [-0.4, -0.2) is 15.0 Å². The molecule has 0 saturated heterocycles. The first-order chi connectivity index (χ1) is 8.24. The first-order valence-electron chi connectivity index (χ1n) is 5.64. The van der Waals surface area contributed by atoms with E-state index in [1.165, 1.54) is 11.1 Å². The number of fused-ring (bicyclic) bond motifs is 1. The molecule has 0 bridgehead atoms. The lowest BCUT2D eigenvalue weighted by Gasteiger charge is -1.96. The third kappa shape index (κ3) is 1.69. The van der Waals surface area contributed by atoms with E-state index < -0.39 is 0 Å². The van der Waals surface area contributed by atoms with Crippen LogP contribution >= 0.6 is 0 Å². The Morgan fingerprint density at radius 3 is 2.47 bits per heavy atom. The van der Waals surface area contributed by atoms with Crippen LogP contribution in [0, 0.1) is 13.8 Å². The standard InChI is InChI=1S/C14H13N3/c1-10-8-11(2)14-13(9-10)15-17(16-14)12-6-4-3-5-7-12/h3-9H,1-2H3. The zero-order valence-corrected chi connectivity index (χ0v) is 9.88. The second-order valence-electron chi connectivity index (χ2n) is 4.27. The molecule has 0 aliphatic carbocycles. The van der Waals surface area contributed by atoms with Gasteiger partial charge in [0.1, 0.15) is 11.0 Å². The van der Waals surface area contributed by atoms with Crippen molar-refractivity contribution in [3.05, 3.63) is 53.6 Å². The lowest BCUT2D eigenvalue weighted by Crippen LogP contribution is -1.97. The highest BCUT2D eigenvalue weighted by atomic mass is 15.5. The summed E-state index contributed by atoms with van der Waals surface area (Å²) in [6.45, 7) is 4.15. The van der Waals surface area contributed by atoms with Crippen molar-refractivity contribution in [2.45, 2.75) is 13.8 Å². The van der Waals surface area contributed by atoms with E-state index in [-0.39, 0.29) is 0 Å². The summed E-state index contributed by atoms with van der Waals surface area (Å²) in [6.07, 6.45) is 0. The first-order valence-corrected chi connectivity index (χ1v) is 5.64. The number of para-hydroxylation sites is 1. The van der Waals surface area contributed by atoms with E-state index in [0.29, 0.717) is 0 Å². The molecule has 0 N–H and O–H groups in total. The van der Waals surface area contributed by atoms with Gasteiger partial charge in [0.25, 0.3) is 0 Å². The Balaban J connectivity index is 2.24. The van der Waals surface area contributed by atoms with Gasteiger partial charge in [-0.3, -0.25) is 0 Å². The summed E-state index contributed by atoms with van der Waals surface area (Å²) in [7, 11) is 0. The molecule has 0 aliphatic rings. The maximum Gasteiger partial charge on any atom is 0.116 e. The number of benzene rings is 2. The number of nitrogens with zero attached hydrogens (tertiary/aromatic N) is 3. The summed E-state index contributed by atoms with van der Waals surface area (Å²) in [4.78, 5) is 1.69. The van der Waals surface area contributed by atoms with Gasteiger partial charge in [0.2, 0.25) is 0 Å². The summed E-state index contributed by atoms with van der Waals surface area (Å²) < 4.78 is 0. The van der Waals surface area contributed by atoms with Crippen LogP contribution in [0.1, 0.15) is 11.1 Å². The molecule has 0 atom stereocenters. The van der Waals surface area contributed by atoms with Crippen molar-refractivity contribution in [2.24, 2.45) is 0 Å². The van der Waals surface area contributed by atoms with Crippen molar-refractivity contribution in [3.8, 4) is 5.69 Å². The van der Waals surface area contributed by atoms with Gasteiger partial charge in [-0.15, -0.1) is 10.2 Å². The molecule has 0 saturated carbocycles. The summed E-state index contributed by atoms with van der Waals surface area (Å²) >= 11 is 0. The first kappa shape index (κ1) is 10.0.